The summed E-state index contributed by atoms with van der Waals surface area (Å²) in [5.41, 5.74) is 0.397. The molecule has 0 aromatic carbocycles. The Morgan fingerprint density at radius 3 is 2.90 bits per heavy atom. The monoisotopic (exact) mass is 311 g/mol. The van der Waals surface area contributed by atoms with E-state index >= 15 is 0 Å². The van der Waals surface area contributed by atoms with Gasteiger partial charge >= 0.3 is 5.97 Å². The summed E-state index contributed by atoms with van der Waals surface area (Å²) in [6.45, 7) is 6.11. The molecule has 0 radical (unpaired) electrons. The highest BCUT2D eigenvalue weighted by molar-refractivity contribution is 7.15. The number of hydrogen-bond donors (Lipinski definition) is 1. The van der Waals surface area contributed by atoms with Crippen LogP contribution < -0.4 is 5.32 Å². The summed E-state index contributed by atoms with van der Waals surface area (Å²) in [6.07, 6.45) is 2.70. The zero-order chi connectivity index (χ0) is 14.5. The van der Waals surface area contributed by atoms with Gasteiger partial charge in [-0.05, 0) is 20.3 Å². The van der Waals surface area contributed by atoms with Gasteiger partial charge in [-0.25, -0.2) is 14.8 Å². The van der Waals surface area contributed by atoms with Crippen molar-refractivity contribution < 1.29 is 9.53 Å². The number of rotatable bonds is 6. The first kappa shape index (κ1) is 14.9. The van der Waals surface area contributed by atoms with E-state index in [-0.39, 0.29) is 12.0 Å². The zero-order valence-corrected chi connectivity index (χ0v) is 13.3. The molecule has 2 heterocycles. The molecular formula is C13H17N3O2S2. The van der Waals surface area contributed by atoms with Crippen LogP contribution in [0.3, 0.4) is 0 Å². The minimum atomic E-state index is -0.364. The predicted molar refractivity (Wildman–Crippen MR) is 81.6 cm³/mol. The minimum Gasteiger partial charge on any atom is -0.461 e. The number of nitrogens with one attached hydrogen (secondary N) is 1. The van der Waals surface area contributed by atoms with Gasteiger partial charge in [0.25, 0.3) is 0 Å². The molecular weight excluding hydrogens is 294 g/mol. The maximum absolute atomic E-state index is 11.7. The summed E-state index contributed by atoms with van der Waals surface area (Å²) in [7, 11) is 0. The lowest BCUT2D eigenvalue weighted by atomic mass is 10.2. The normalized spacial score (nSPS) is 12.2. The van der Waals surface area contributed by atoms with Crippen LogP contribution in [0, 0.1) is 6.92 Å². The van der Waals surface area contributed by atoms with Crippen LogP contribution in [0.15, 0.2) is 11.6 Å². The standard InChI is InChI=1S/C13H17N3O2S2/c1-4-9(11-14-6-7-19-11)15-13-16-10(8(3)20-13)12(17)18-5-2/h6-7,9H,4-5H2,1-3H3,(H,15,16). The van der Waals surface area contributed by atoms with E-state index in [0.29, 0.717) is 12.3 Å². The average Bonchev–Trinajstić information content (AvgIpc) is 3.05. The van der Waals surface area contributed by atoms with Gasteiger partial charge in [-0.2, -0.15) is 0 Å². The zero-order valence-electron chi connectivity index (χ0n) is 11.7. The SMILES string of the molecule is CCOC(=O)c1nc(NC(CC)c2nccs2)sc1C. The molecule has 2 aromatic rings. The number of esters is 1. The van der Waals surface area contributed by atoms with E-state index in [2.05, 4.69) is 22.2 Å². The molecule has 0 aliphatic heterocycles. The molecule has 0 saturated heterocycles. The number of aromatic nitrogens is 2. The van der Waals surface area contributed by atoms with Crippen molar-refractivity contribution in [3.05, 3.63) is 27.2 Å². The number of thiazole rings is 2. The maximum Gasteiger partial charge on any atom is 0.358 e. The van der Waals surface area contributed by atoms with Crippen molar-refractivity contribution in [1.82, 2.24) is 9.97 Å². The van der Waals surface area contributed by atoms with Crippen LogP contribution in [0.1, 0.15) is 46.7 Å². The molecule has 0 amide bonds. The van der Waals surface area contributed by atoms with Crippen molar-refractivity contribution in [2.45, 2.75) is 33.2 Å². The first-order valence-corrected chi connectivity index (χ1v) is 8.15. The molecule has 0 fully saturated rings. The van der Waals surface area contributed by atoms with E-state index in [1.165, 1.54) is 11.3 Å². The molecule has 2 rings (SSSR count). The van der Waals surface area contributed by atoms with Crippen LogP contribution in [0.25, 0.3) is 0 Å². The molecule has 1 N–H and O–H groups in total. The van der Waals surface area contributed by atoms with Crippen LogP contribution in [0.2, 0.25) is 0 Å². The number of aryl methyl sites for hydroxylation is 1. The van der Waals surface area contributed by atoms with Gasteiger partial charge in [0.05, 0.1) is 12.6 Å². The fourth-order valence-corrected chi connectivity index (χ4v) is 3.37. The molecule has 108 valence electrons. The van der Waals surface area contributed by atoms with E-state index in [1.807, 2.05) is 12.3 Å². The van der Waals surface area contributed by atoms with Crippen LogP contribution >= 0.6 is 22.7 Å². The smallest absolute Gasteiger partial charge is 0.358 e. The Bertz CT molecular complexity index is 566. The molecule has 0 aliphatic carbocycles. The van der Waals surface area contributed by atoms with E-state index < -0.39 is 0 Å². The number of carbonyl (C=O) groups is 1. The highest BCUT2D eigenvalue weighted by Gasteiger charge is 2.19. The molecule has 20 heavy (non-hydrogen) atoms. The fourth-order valence-electron chi connectivity index (χ4n) is 1.74. The number of nitrogens with zero attached hydrogens (tertiary/aromatic N) is 2. The third-order valence-electron chi connectivity index (χ3n) is 2.72. The molecule has 0 saturated carbocycles. The van der Waals surface area contributed by atoms with Gasteiger partial charge in [-0.3, -0.25) is 0 Å². The topological polar surface area (TPSA) is 64.1 Å². The van der Waals surface area contributed by atoms with Gasteiger partial charge in [-0.15, -0.1) is 22.7 Å². The number of hydrogen-bond acceptors (Lipinski definition) is 7. The van der Waals surface area contributed by atoms with Gasteiger partial charge in [0, 0.05) is 16.5 Å². The van der Waals surface area contributed by atoms with Gasteiger partial charge in [-0.1, -0.05) is 6.92 Å². The Labute approximate surface area is 126 Å². The summed E-state index contributed by atoms with van der Waals surface area (Å²) >= 11 is 3.08. The van der Waals surface area contributed by atoms with Crippen molar-refractivity contribution in [3.63, 3.8) is 0 Å². The fraction of sp³-hybridized carbons (Fsp3) is 0.462. The summed E-state index contributed by atoms with van der Waals surface area (Å²) in [4.78, 5) is 21.3. The van der Waals surface area contributed by atoms with Crippen molar-refractivity contribution in [1.29, 1.82) is 0 Å². The highest BCUT2D eigenvalue weighted by Crippen LogP contribution is 2.28. The van der Waals surface area contributed by atoms with E-state index in [0.717, 1.165) is 21.4 Å². The number of carbonyl (C=O) groups excluding carboxylic acids is 1. The molecule has 1 unspecified atom stereocenters. The lowest BCUT2D eigenvalue weighted by Gasteiger charge is -2.12. The molecule has 7 heteroatoms. The summed E-state index contributed by atoms with van der Waals surface area (Å²) < 4.78 is 4.99. The second kappa shape index (κ2) is 6.81. The first-order valence-electron chi connectivity index (χ1n) is 6.46. The third-order valence-corrected chi connectivity index (χ3v) is 4.51. The second-order valence-electron chi connectivity index (χ2n) is 4.12. The quantitative estimate of drug-likeness (QED) is 0.825. The van der Waals surface area contributed by atoms with Crippen molar-refractivity contribution in [3.8, 4) is 0 Å². The molecule has 0 spiro atoms. The van der Waals surface area contributed by atoms with Gasteiger partial charge in [0.1, 0.15) is 5.01 Å². The first-order chi connectivity index (χ1) is 9.65. The van der Waals surface area contributed by atoms with E-state index in [9.17, 15) is 4.79 Å². The summed E-state index contributed by atoms with van der Waals surface area (Å²) in [5, 5.41) is 7.05. The number of ether oxygens (including phenoxy) is 1. The lowest BCUT2D eigenvalue weighted by Crippen LogP contribution is -2.10. The Hall–Kier alpha value is -1.47. The molecule has 2 aromatic heterocycles. The average molecular weight is 311 g/mol. The minimum absolute atomic E-state index is 0.121. The molecule has 0 bridgehead atoms. The van der Waals surface area contributed by atoms with Crippen LogP contribution in [0.4, 0.5) is 5.13 Å². The van der Waals surface area contributed by atoms with Crippen molar-refractivity contribution in [2.75, 3.05) is 11.9 Å². The van der Waals surface area contributed by atoms with Crippen molar-refractivity contribution >= 4 is 33.8 Å². The maximum atomic E-state index is 11.7. The van der Waals surface area contributed by atoms with E-state index in [4.69, 9.17) is 4.74 Å². The molecule has 1 atom stereocenters. The van der Waals surface area contributed by atoms with E-state index in [1.54, 1.807) is 24.5 Å². The van der Waals surface area contributed by atoms with Crippen molar-refractivity contribution in [2.24, 2.45) is 0 Å². The van der Waals surface area contributed by atoms with Gasteiger partial charge < -0.3 is 10.1 Å². The van der Waals surface area contributed by atoms with Gasteiger partial charge in [0.2, 0.25) is 0 Å². The highest BCUT2D eigenvalue weighted by atomic mass is 32.1. The Kier molecular flexibility index (Phi) is 5.08. The largest absolute Gasteiger partial charge is 0.461 e. The Morgan fingerprint density at radius 1 is 1.50 bits per heavy atom. The second-order valence-corrected chi connectivity index (χ2v) is 6.25. The number of anilines is 1. The summed E-state index contributed by atoms with van der Waals surface area (Å²) in [5.74, 6) is -0.364. The Balaban J connectivity index is 2.13. The molecule has 5 nitrogen and oxygen atoms in total. The summed E-state index contributed by atoms with van der Waals surface area (Å²) in [6, 6.07) is 0.121. The lowest BCUT2D eigenvalue weighted by molar-refractivity contribution is 0.0519. The van der Waals surface area contributed by atoms with Crippen LogP contribution in [-0.2, 0) is 4.74 Å². The Morgan fingerprint density at radius 2 is 2.30 bits per heavy atom. The third kappa shape index (κ3) is 3.34. The molecule has 0 aliphatic rings. The van der Waals surface area contributed by atoms with Crippen LogP contribution in [0.5, 0.6) is 0 Å². The predicted octanol–water partition coefficient (Wildman–Crippen LogP) is 3.65. The van der Waals surface area contributed by atoms with Crippen LogP contribution in [-0.4, -0.2) is 22.5 Å². The van der Waals surface area contributed by atoms with Gasteiger partial charge in [0.15, 0.2) is 10.8 Å².